The van der Waals surface area contributed by atoms with Crippen LogP contribution in [0, 0.1) is 19.8 Å². The molecule has 1 aromatic rings. The first-order chi connectivity index (χ1) is 8.16. The van der Waals surface area contributed by atoms with Crippen LogP contribution in [0.3, 0.4) is 0 Å². The fourth-order valence-corrected chi connectivity index (χ4v) is 4.01. The van der Waals surface area contributed by atoms with Crippen LogP contribution in [0.15, 0.2) is 6.07 Å². The van der Waals surface area contributed by atoms with Crippen LogP contribution < -0.4 is 0 Å². The quantitative estimate of drug-likeness (QED) is 0.769. The van der Waals surface area contributed by atoms with Crippen molar-refractivity contribution >= 4 is 11.3 Å². The standard InChI is InChI=1S/C15H24OS/c1-11-9-14(12(2)17-11)15(16)10-13-7-5-3-4-6-8-13/h9,13,15-16H,3-8,10H2,1-2H3. The molecule has 1 aliphatic carbocycles. The van der Waals surface area contributed by atoms with Gasteiger partial charge in [-0.2, -0.15) is 0 Å². The van der Waals surface area contributed by atoms with Gasteiger partial charge in [0.2, 0.25) is 0 Å². The molecule has 0 radical (unpaired) electrons. The third kappa shape index (κ3) is 3.56. The third-order valence-electron chi connectivity index (χ3n) is 3.97. The van der Waals surface area contributed by atoms with E-state index in [-0.39, 0.29) is 6.10 Å². The van der Waals surface area contributed by atoms with Crippen LogP contribution in [0.25, 0.3) is 0 Å². The first-order valence-electron chi connectivity index (χ1n) is 6.92. The molecule has 0 saturated heterocycles. The molecule has 0 amide bonds. The SMILES string of the molecule is Cc1cc(C(O)CC2CCCCCC2)c(C)s1. The first kappa shape index (κ1) is 13.1. The van der Waals surface area contributed by atoms with Gasteiger partial charge in [0, 0.05) is 9.75 Å². The molecule has 2 rings (SSSR count). The molecular formula is C15H24OS. The molecule has 0 spiro atoms. The molecule has 0 aliphatic heterocycles. The maximum atomic E-state index is 10.4. The van der Waals surface area contributed by atoms with E-state index in [0.717, 1.165) is 12.3 Å². The van der Waals surface area contributed by atoms with Crippen molar-refractivity contribution in [1.29, 1.82) is 0 Å². The summed E-state index contributed by atoms with van der Waals surface area (Å²) in [7, 11) is 0. The van der Waals surface area contributed by atoms with E-state index in [1.54, 1.807) is 11.3 Å². The highest BCUT2D eigenvalue weighted by Gasteiger charge is 2.19. The summed E-state index contributed by atoms with van der Waals surface area (Å²) < 4.78 is 0. The van der Waals surface area contributed by atoms with Crippen molar-refractivity contribution in [3.8, 4) is 0 Å². The van der Waals surface area contributed by atoms with Gasteiger partial charge in [0.25, 0.3) is 0 Å². The molecule has 1 unspecified atom stereocenters. The second-order valence-corrected chi connectivity index (χ2v) is 6.94. The van der Waals surface area contributed by atoms with Gasteiger partial charge >= 0.3 is 0 Å². The number of hydrogen-bond donors (Lipinski definition) is 1. The van der Waals surface area contributed by atoms with Crippen LogP contribution in [-0.2, 0) is 0 Å². The lowest BCUT2D eigenvalue weighted by molar-refractivity contribution is 0.139. The molecule has 96 valence electrons. The van der Waals surface area contributed by atoms with Gasteiger partial charge in [-0.05, 0) is 37.8 Å². The maximum Gasteiger partial charge on any atom is 0.0803 e. The van der Waals surface area contributed by atoms with Crippen LogP contribution in [0.2, 0.25) is 0 Å². The van der Waals surface area contributed by atoms with Crippen molar-refractivity contribution in [2.24, 2.45) is 5.92 Å². The smallest absolute Gasteiger partial charge is 0.0803 e. The van der Waals surface area contributed by atoms with Gasteiger partial charge in [-0.25, -0.2) is 0 Å². The summed E-state index contributed by atoms with van der Waals surface area (Å²) in [4.78, 5) is 2.61. The maximum absolute atomic E-state index is 10.4. The number of hydrogen-bond acceptors (Lipinski definition) is 2. The van der Waals surface area contributed by atoms with E-state index in [9.17, 15) is 5.11 Å². The normalized spacial score (nSPS) is 20.2. The summed E-state index contributed by atoms with van der Waals surface area (Å²) in [6, 6.07) is 2.17. The number of aliphatic hydroxyl groups is 1. The Morgan fingerprint density at radius 2 is 1.88 bits per heavy atom. The number of rotatable bonds is 3. The van der Waals surface area contributed by atoms with Gasteiger partial charge in [-0.3, -0.25) is 0 Å². The minimum absolute atomic E-state index is 0.233. The lowest BCUT2D eigenvalue weighted by Crippen LogP contribution is -2.07. The fourth-order valence-electron chi connectivity index (χ4n) is 3.02. The van der Waals surface area contributed by atoms with E-state index in [1.807, 2.05) is 0 Å². The predicted octanol–water partition coefficient (Wildman–Crippen LogP) is 4.76. The Balaban J connectivity index is 1.95. The largest absolute Gasteiger partial charge is 0.388 e. The molecule has 0 bridgehead atoms. The van der Waals surface area contributed by atoms with Gasteiger partial charge in [-0.1, -0.05) is 38.5 Å². The van der Waals surface area contributed by atoms with E-state index in [1.165, 1.54) is 53.8 Å². The van der Waals surface area contributed by atoms with Gasteiger partial charge in [0.15, 0.2) is 0 Å². The minimum Gasteiger partial charge on any atom is -0.388 e. The molecule has 1 aromatic heterocycles. The van der Waals surface area contributed by atoms with Gasteiger partial charge in [-0.15, -0.1) is 11.3 Å². The van der Waals surface area contributed by atoms with Crippen molar-refractivity contribution in [2.45, 2.75) is 64.9 Å². The molecule has 1 nitrogen and oxygen atoms in total. The van der Waals surface area contributed by atoms with Crippen molar-refractivity contribution in [3.05, 3.63) is 21.4 Å². The minimum atomic E-state index is -0.233. The molecule has 17 heavy (non-hydrogen) atoms. The number of thiophene rings is 1. The summed E-state index contributed by atoms with van der Waals surface area (Å²) >= 11 is 1.80. The molecule has 1 fully saturated rings. The highest BCUT2D eigenvalue weighted by molar-refractivity contribution is 7.12. The topological polar surface area (TPSA) is 20.2 Å². The van der Waals surface area contributed by atoms with Crippen LogP contribution >= 0.6 is 11.3 Å². The van der Waals surface area contributed by atoms with E-state index in [2.05, 4.69) is 19.9 Å². The summed E-state index contributed by atoms with van der Waals surface area (Å²) in [5.74, 6) is 0.743. The highest BCUT2D eigenvalue weighted by Crippen LogP contribution is 2.34. The van der Waals surface area contributed by atoms with Crippen molar-refractivity contribution in [3.63, 3.8) is 0 Å². The molecule has 1 saturated carbocycles. The Hall–Kier alpha value is -0.340. The van der Waals surface area contributed by atoms with Crippen molar-refractivity contribution in [2.75, 3.05) is 0 Å². The lowest BCUT2D eigenvalue weighted by Gasteiger charge is -2.18. The summed E-state index contributed by atoms with van der Waals surface area (Å²) in [6.07, 6.45) is 8.88. The second-order valence-electron chi connectivity index (χ2n) is 5.48. The Morgan fingerprint density at radius 3 is 2.41 bits per heavy atom. The van der Waals surface area contributed by atoms with Gasteiger partial charge in [0.05, 0.1) is 6.10 Å². The average molecular weight is 252 g/mol. The molecule has 1 N–H and O–H groups in total. The summed E-state index contributed by atoms with van der Waals surface area (Å²) in [5.41, 5.74) is 1.18. The predicted molar refractivity (Wildman–Crippen MR) is 74.6 cm³/mol. The lowest BCUT2D eigenvalue weighted by atomic mass is 9.91. The first-order valence-corrected chi connectivity index (χ1v) is 7.73. The van der Waals surface area contributed by atoms with E-state index in [0.29, 0.717) is 0 Å². The summed E-state index contributed by atoms with van der Waals surface area (Å²) in [5, 5.41) is 10.4. The third-order valence-corrected chi connectivity index (χ3v) is 4.95. The zero-order valence-electron chi connectivity index (χ0n) is 11.0. The van der Waals surface area contributed by atoms with Crippen LogP contribution in [0.1, 0.15) is 66.4 Å². The van der Waals surface area contributed by atoms with Crippen molar-refractivity contribution < 1.29 is 5.11 Å². The zero-order chi connectivity index (χ0) is 12.3. The molecule has 2 heteroatoms. The summed E-state index contributed by atoms with van der Waals surface area (Å²) in [6.45, 7) is 4.25. The number of aryl methyl sites for hydroxylation is 2. The van der Waals surface area contributed by atoms with Gasteiger partial charge < -0.3 is 5.11 Å². The van der Waals surface area contributed by atoms with Crippen molar-refractivity contribution in [1.82, 2.24) is 0 Å². The van der Waals surface area contributed by atoms with Crippen LogP contribution in [-0.4, -0.2) is 5.11 Å². The van der Waals surface area contributed by atoms with E-state index in [4.69, 9.17) is 0 Å². The van der Waals surface area contributed by atoms with Gasteiger partial charge in [0.1, 0.15) is 0 Å². The average Bonchev–Trinajstić information content (AvgIpc) is 2.51. The van der Waals surface area contributed by atoms with Crippen LogP contribution in [0.4, 0.5) is 0 Å². The van der Waals surface area contributed by atoms with E-state index < -0.39 is 0 Å². The zero-order valence-corrected chi connectivity index (χ0v) is 11.9. The van der Waals surface area contributed by atoms with Crippen LogP contribution in [0.5, 0.6) is 0 Å². The van der Waals surface area contributed by atoms with E-state index >= 15 is 0 Å². The Bertz CT molecular complexity index is 348. The Kier molecular flexibility index (Phi) is 4.63. The molecule has 1 atom stereocenters. The Labute approximate surface area is 109 Å². The Morgan fingerprint density at radius 1 is 1.24 bits per heavy atom. The molecule has 1 aliphatic rings. The fraction of sp³-hybridized carbons (Fsp3) is 0.733. The highest BCUT2D eigenvalue weighted by atomic mass is 32.1. The monoisotopic (exact) mass is 252 g/mol. The molecular weight excluding hydrogens is 228 g/mol. The number of aliphatic hydroxyl groups excluding tert-OH is 1. The molecule has 0 aromatic carbocycles. The second kappa shape index (κ2) is 6.01. The molecule has 1 heterocycles.